The molecule has 0 heterocycles. The van der Waals surface area contributed by atoms with Gasteiger partial charge in [-0.15, -0.1) is 0 Å². The average molecular weight is 299 g/mol. The summed E-state index contributed by atoms with van der Waals surface area (Å²) in [7, 11) is -3.21. The topological polar surface area (TPSA) is 75.4 Å². The van der Waals surface area contributed by atoms with Gasteiger partial charge in [-0.1, -0.05) is 13.8 Å². The van der Waals surface area contributed by atoms with Crippen LogP contribution in [0.4, 0.5) is 11.4 Å². The monoisotopic (exact) mass is 299 g/mol. The van der Waals surface area contributed by atoms with Crippen molar-refractivity contribution in [2.45, 2.75) is 31.7 Å². The zero-order valence-electron chi connectivity index (χ0n) is 12.7. The van der Waals surface area contributed by atoms with Crippen molar-refractivity contribution in [1.82, 2.24) is 4.90 Å². The molecule has 0 amide bonds. The zero-order chi connectivity index (χ0) is 15.3. The standard InChI is InChI=1S/C14H25N3O2S/c1-5-17(6-2)10-11(3)16-14-8-7-12(9-13(14)15)20(4,18)19/h7-9,11,16H,5-6,10,15H2,1-4H3. The number of anilines is 2. The lowest BCUT2D eigenvalue weighted by Gasteiger charge is -2.24. The fourth-order valence-electron chi connectivity index (χ4n) is 2.08. The van der Waals surface area contributed by atoms with E-state index in [1.807, 2.05) is 0 Å². The van der Waals surface area contributed by atoms with E-state index in [1.165, 1.54) is 12.3 Å². The molecule has 0 radical (unpaired) electrons. The fourth-order valence-corrected chi connectivity index (χ4v) is 2.74. The predicted molar refractivity (Wildman–Crippen MR) is 84.8 cm³/mol. The van der Waals surface area contributed by atoms with Crippen molar-refractivity contribution >= 4 is 21.2 Å². The molecule has 0 saturated heterocycles. The minimum absolute atomic E-state index is 0.237. The van der Waals surface area contributed by atoms with E-state index in [9.17, 15) is 8.42 Å². The Balaban J connectivity index is 2.79. The number of nitrogens with two attached hydrogens (primary N) is 1. The van der Waals surface area contributed by atoms with Gasteiger partial charge in [0.1, 0.15) is 0 Å². The number of nitrogens with one attached hydrogen (secondary N) is 1. The molecule has 1 rings (SSSR count). The summed E-state index contributed by atoms with van der Waals surface area (Å²) in [5, 5.41) is 3.33. The van der Waals surface area contributed by atoms with Crippen molar-refractivity contribution in [2.75, 3.05) is 36.9 Å². The van der Waals surface area contributed by atoms with Gasteiger partial charge in [-0.25, -0.2) is 8.42 Å². The largest absolute Gasteiger partial charge is 0.397 e. The number of sulfone groups is 1. The molecule has 1 aromatic rings. The molecule has 0 aliphatic rings. The number of likely N-dealkylation sites (N-methyl/N-ethyl adjacent to an activating group) is 1. The molecule has 20 heavy (non-hydrogen) atoms. The quantitative estimate of drug-likeness (QED) is 0.751. The molecule has 0 aliphatic heterocycles. The van der Waals surface area contributed by atoms with Crippen LogP contribution in [0.25, 0.3) is 0 Å². The minimum atomic E-state index is -3.21. The maximum Gasteiger partial charge on any atom is 0.175 e. The maximum atomic E-state index is 11.5. The molecule has 1 unspecified atom stereocenters. The molecule has 0 aliphatic carbocycles. The van der Waals surface area contributed by atoms with Crippen LogP contribution in [-0.2, 0) is 9.84 Å². The van der Waals surface area contributed by atoms with Crippen molar-refractivity contribution in [2.24, 2.45) is 0 Å². The molecule has 0 spiro atoms. The Hall–Kier alpha value is -1.27. The SMILES string of the molecule is CCN(CC)CC(C)Nc1ccc(S(C)(=O)=O)cc1N. The minimum Gasteiger partial charge on any atom is -0.397 e. The Kier molecular flexibility index (Phi) is 5.83. The van der Waals surface area contributed by atoms with Crippen LogP contribution in [0.5, 0.6) is 0 Å². The number of nitrogen functional groups attached to an aromatic ring is 1. The summed E-state index contributed by atoms with van der Waals surface area (Å²) in [5.41, 5.74) is 7.15. The Labute approximate surface area is 122 Å². The van der Waals surface area contributed by atoms with Crippen LogP contribution in [0.15, 0.2) is 23.1 Å². The lowest BCUT2D eigenvalue weighted by Crippen LogP contribution is -2.34. The van der Waals surface area contributed by atoms with Crippen LogP contribution in [-0.4, -0.2) is 45.2 Å². The summed E-state index contributed by atoms with van der Waals surface area (Å²) >= 11 is 0. The highest BCUT2D eigenvalue weighted by atomic mass is 32.2. The Morgan fingerprint density at radius 2 is 1.90 bits per heavy atom. The van der Waals surface area contributed by atoms with E-state index in [4.69, 9.17) is 5.73 Å². The summed E-state index contributed by atoms with van der Waals surface area (Å²) in [6, 6.07) is 5.05. The normalized spacial score (nSPS) is 13.4. The second-order valence-corrected chi connectivity index (χ2v) is 7.07. The van der Waals surface area contributed by atoms with E-state index < -0.39 is 9.84 Å². The second kappa shape index (κ2) is 6.95. The summed E-state index contributed by atoms with van der Waals surface area (Å²) < 4.78 is 22.9. The molecule has 0 aromatic heterocycles. The zero-order valence-corrected chi connectivity index (χ0v) is 13.5. The van der Waals surface area contributed by atoms with Crippen LogP contribution in [0.2, 0.25) is 0 Å². The van der Waals surface area contributed by atoms with Gasteiger partial charge in [0.15, 0.2) is 9.84 Å². The number of nitrogens with zero attached hydrogens (tertiary/aromatic N) is 1. The van der Waals surface area contributed by atoms with Crippen molar-refractivity contribution in [3.63, 3.8) is 0 Å². The van der Waals surface area contributed by atoms with Crippen LogP contribution < -0.4 is 11.1 Å². The van der Waals surface area contributed by atoms with Crippen LogP contribution in [0, 0.1) is 0 Å². The third-order valence-corrected chi connectivity index (χ3v) is 4.39. The molecule has 6 heteroatoms. The summed E-state index contributed by atoms with van der Waals surface area (Å²) in [5.74, 6) is 0. The first-order chi connectivity index (χ1) is 9.27. The van der Waals surface area contributed by atoms with E-state index in [0.29, 0.717) is 5.69 Å². The number of benzene rings is 1. The number of hydrogen-bond acceptors (Lipinski definition) is 5. The van der Waals surface area contributed by atoms with Gasteiger partial charge in [0.2, 0.25) is 0 Å². The van der Waals surface area contributed by atoms with Gasteiger partial charge in [0.05, 0.1) is 16.3 Å². The van der Waals surface area contributed by atoms with E-state index in [1.54, 1.807) is 12.1 Å². The van der Waals surface area contributed by atoms with Gasteiger partial charge in [0, 0.05) is 18.8 Å². The van der Waals surface area contributed by atoms with Crippen molar-refractivity contribution in [1.29, 1.82) is 0 Å². The van der Waals surface area contributed by atoms with E-state index in [0.717, 1.165) is 25.3 Å². The molecule has 5 nitrogen and oxygen atoms in total. The molecule has 0 fully saturated rings. The van der Waals surface area contributed by atoms with Crippen LogP contribution >= 0.6 is 0 Å². The third-order valence-electron chi connectivity index (χ3n) is 3.28. The van der Waals surface area contributed by atoms with Gasteiger partial charge >= 0.3 is 0 Å². The first kappa shape index (κ1) is 16.8. The second-order valence-electron chi connectivity index (χ2n) is 5.05. The Bertz CT molecular complexity index is 539. The highest BCUT2D eigenvalue weighted by Crippen LogP contribution is 2.23. The average Bonchev–Trinajstić information content (AvgIpc) is 2.37. The molecule has 3 N–H and O–H groups in total. The van der Waals surface area contributed by atoms with Gasteiger partial charge < -0.3 is 16.0 Å². The van der Waals surface area contributed by atoms with Crippen LogP contribution in [0.3, 0.4) is 0 Å². The predicted octanol–water partition coefficient (Wildman–Crippen LogP) is 1.81. The van der Waals surface area contributed by atoms with Crippen molar-refractivity contribution in [3.8, 4) is 0 Å². The Morgan fingerprint density at radius 3 is 2.35 bits per heavy atom. The molecular formula is C14H25N3O2S. The fraction of sp³-hybridized carbons (Fsp3) is 0.571. The third kappa shape index (κ3) is 4.68. The highest BCUT2D eigenvalue weighted by molar-refractivity contribution is 7.90. The molecule has 114 valence electrons. The Morgan fingerprint density at radius 1 is 1.30 bits per heavy atom. The first-order valence-corrected chi connectivity index (χ1v) is 8.75. The smallest absolute Gasteiger partial charge is 0.175 e. The lowest BCUT2D eigenvalue weighted by atomic mass is 10.2. The van der Waals surface area contributed by atoms with Crippen molar-refractivity contribution in [3.05, 3.63) is 18.2 Å². The molecule has 1 aromatic carbocycles. The first-order valence-electron chi connectivity index (χ1n) is 6.86. The maximum absolute atomic E-state index is 11.5. The van der Waals surface area contributed by atoms with Gasteiger partial charge in [-0.2, -0.15) is 0 Å². The van der Waals surface area contributed by atoms with Gasteiger partial charge in [0.25, 0.3) is 0 Å². The molecule has 0 bridgehead atoms. The van der Waals surface area contributed by atoms with E-state index >= 15 is 0 Å². The van der Waals surface area contributed by atoms with Crippen LogP contribution in [0.1, 0.15) is 20.8 Å². The molecular weight excluding hydrogens is 274 g/mol. The lowest BCUT2D eigenvalue weighted by molar-refractivity contribution is 0.295. The van der Waals surface area contributed by atoms with E-state index in [-0.39, 0.29) is 10.9 Å². The summed E-state index contributed by atoms with van der Waals surface area (Å²) in [4.78, 5) is 2.57. The van der Waals surface area contributed by atoms with Crippen molar-refractivity contribution < 1.29 is 8.42 Å². The van der Waals surface area contributed by atoms with Gasteiger partial charge in [-0.3, -0.25) is 0 Å². The highest BCUT2D eigenvalue weighted by Gasteiger charge is 2.12. The molecule has 1 atom stereocenters. The van der Waals surface area contributed by atoms with Gasteiger partial charge in [-0.05, 0) is 38.2 Å². The number of hydrogen-bond donors (Lipinski definition) is 2. The summed E-state index contributed by atoms with van der Waals surface area (Å²) in [6.07, 6.45) is 1.18. The number of rotatable bonds is 7. The van der Waals surface area contributed by atoms with E-state index in [2.05, 4.69) is 31.0 Å². The summed E-state index contributed by atoms with van der Waals surface area (Å²) in [6.45, 7) is 9.27. The molecule has 0 saturated carbocycles.